The van der Waals surface area contributed by atoms with Gasteiger partial charge in [0.25, 0.3) is 0 Å². The number of furan rings is 1. The summed E-state index contributed by atoms with van der Waals surface area (Å²) in [6, 6.07) is 3.85. The molecule has 0 aliphatic heterocycles. The summed E-state index contributed by atoms with van der Waals surface area (Å²) in [4.78, 5) is 0. The minimum Gasteiger partial charge on any atom is -0.464 e. The SMILES string of the molecule is CCCCS(=O)Cc1ccc(CNC)o1. The van der Waals surface area contributed by atoms with E-state index in [4.69, 9.17) is 4.42 Å². The molecule has 3 nitrogen and oxygen atoms in total. The molecule has 1 unspecified atom stereocenters. The highest BCUT2D eigenvalue weighted by molar-refractivity contribution is 7.84. The molecular weight excluding hydrogens is 210 g/mol. The molecule has 0 aromatic carbocycles. The van der Waals surface area contributed by atoms with Crippen molar-refractivity contribution < 1.29 is 8.63 Å². The third-order valence-electron chi connectivity index (χ3n) is 2.10. The number of rotatable bonds is 7. The van der Waals surface area contributed by atoms with Crippen molar-refractivity contribution in [1.29, 1.82) is 0 Å². The highest BCUT2D eigenvalue weighted by Crippen LogP contribution is 2.10. The molecule has 0 bridgehead atoms. The van der Waals surface area contributed by atoms with Crippen molar-refractivity contribution in [2.45, 2.75) is 32.1 Å². The van der Waals surface area contributed by atoms with E-state index in [1.54, 1.807) is 0 Å². The van der Waals surface area contributed by atoms with E-state index in [-0.39, 0.29) is 0 Å². The van der Waals surface area contributed by atoms with Gasteiger partial charge < -0.3 is 9.73 Å². The molecule has 0 aliphatic rings. The smallest absolute Gasteiger partial charge is 0.117 e. The van der Waals surface area contributed by atoms with Crippen LogP contribution in [0.1, 0.15) is 31.3 Å². The quantitative estimate of drug-likeness (QED) is 0.778. The Morgan fingerprint density at radius 2 is 2.13 bits per heavy atom. The van der Waals surface area contributed by atoms with Gasteiger partial charge in [-0.25, -0.2) is 0 Å². The lowest BCUT2D eigenvalue weighted by Crippen LogP contribution is -2.03. The van der Waals surface area contributed by atoms with E-state index >= 15 is 0 Å². The summed E-state index contributed by atoms with van der Waals surface area (Å²) >= 11 is 0. The average molecular weight is 229 g/mol. The van der Waals surface area contributed by atoms with Gasteiger partial charge in [0.2, 0.25) is 0 Å². The topological polar surface area (TPSA) is 42.2 Å². The molecule has 0 saturated heterocycles. The van der Waals surface area contributed by atoms with Crippen LogP contribution in [0.3, 0.4) is 0 Å². The van der Waals surface area contributed by atoms with Gasteiger partial charge in [-0.3, -0.25) is 4.21 Å². The van der Waals surface area contributed by atoms with Crippen LogP contribution in [0, 0.1) is 0 Å². The van der Waals surface area contributed by atoms with Gasteiger partial charge in [0.1, 0.15) is 11.5 Å². The Hall–Kier alpha value is -0.610. The zero-order valence-corrected chi connectivity index (χ0v) is 10.2. The summed E-state index contributed by atoms with van der Waals surface area (Å²) in [6.07, 6.45) is 2.12. The molecule has 0 saturated carbocycles. The van der Waals surface area contributed by atoms with Crippen molar-refractivity contribution in [2.75, 3.05) is 12.8 Å². The molecule has 0 spiro atoms. The maximum absolute atomic E-state index is 11.6. The predicted molar refractivity (Wildman–Crippen MR) is 63.1 cm³/mol. The standard InChI is InChI=1S/C11H19NO2S/c1-3-4-7-15(13)9-11-6-5-10(14-11)8-12-2/h5-6,12H,3-4,7-9H2,1-2H3. The molecule has 0 radical (unpaired) electrons. The van der Waals surface area contributed by atoms with Crippen LogP contribution in [0.15, 0.2) is 16.5 Å². The second kappa shape index (κ2) is 6.80. The van der Waals surface area contributed by atoms with Crippen LogP contribution in [0.5, 0.6) is 0 Å². The van der Waals surface area contributed by atoms with Crippen LogP contribution in [0.2, 0.25) is 0 Å². The van der Waals surface area contributed by atoms with Gasteiger partial charge in [-0.15, -0.1) is 0 Å². The molecule has 1 aromatic heterocycles. The van der Waals surface area contributed by atoms with Crippen LogP contribution in [0.4, 0.5) is 0 Å². The fraction of sp³-hybridized carbons (Fsp3) is 0.636. The maximum atomic E-state index is 11.6. The van der Waals surface area contributed by atoms with Gasteiger partial charge in [0, 0.05) is 16.6 Å². The van der Waals surface area contributed by atoms with Crippen molar-refractivity contribution in [3.63, 3.8) is 0 Å². The Balaban J connectivity index is 2.39. The second-order valence-corrected chi connectivity index (χ2v) is 5.12. The van der Waals surface area contributed by atoms with E-state index in [1.807, 2.05) is 19.2 Å². The summed E-state index contributed by atoms with van der Waals surface area (Å²) in [5.74, 6) is 3.05. The molecular formula is C11H19NO2S. The summed E-state index contributed by atoms with van der Waals surface area (Å²) in [7, 11) is 1.10. The van der Waals surface area contributed by atoms with E-state index in [0.29, 0.717) is 5.75 Å². The fourth-order valence-corrected chi connectivity index (χ4v) is 2.53. The molecule has 86 valence electrons. The highest BCUT2D eigenvalue weighted by Gasteiger charge is 2.05. The van der Waals surface area contributed by atoms with Gasteiger partial charge in [-0.05, 0) is 25.6 Å². The molecule has 0 fully saturated rings. The minimum atomic E-state index is -0.776. The van der Waals surface area contributed by atoms with Crippen molar-refractivity contribution in [3.05, 3.63) is 23.7 Å². The largest absolute Gasteiger partial charge is 0.464 e. The predicted octanol–water partition coefficient (Wildman–Crippen LogP) is 2.05. The summed E-state index contributed by atoms with van der Waals surface area (Å²) in [5, 5.41) is 3.02. The molecule has 1 N–H and O–H groups in total. The van der Waals surface area contributed by atoms with Gasteiger partial charge in [-0.2, -0.15) is 0 Å². The van der Waals surface area contributed by atoms with Crippen molar-refractivity contribution >= 4 is 10.8 Å². The van der Waals surface area contributed by atoms with Gasteiger partial charge in [0.05, 0.1) is 12.3 Å². The minimum absolute atomic E-state index is 0.545. The van der Waals surface area contributed by atoms with Crippen LogP contribution >= 0.6 is 0 Å². The fourth-order valence-electron chi connectivity index (χ4n) is 1.31. The van der Waals surface area contributed by atoms with E-state index < -0.39 is 10.8 Å². The summed E-state index contributed by atoms with van der Waals surface area (Å²) in [5.41, 5.74) is 0. The van der Waals surface area contributed by atoms with Gasteiger partial charge >= 0.3 is 0 Å². The first-order valence-electron chi connectivity index (χ1n) is 5.33. The van der Waals surface area contributed by atoms with Crippen molar-refractivity contribution in [3.8, 4) is 0 Å². The first kappa shape index (κ1) is 12.5. The van der Waals surface area contributed by atoms with E-state index in [2.05, 4.69) is 12.2 Å². The lowest BCUT2D eigenvalue weighted by atomic mass is 10.4. The Bertz CT molecular complexity index is 309. The van der Waals surface area contributed by atoms with Gasteiger partial charge in [-0.1, -0.05) is 13.3 Å². The first-order chi connectivity index (χ1) is 7.26. The van der Waals surface area contributed by atoms with Gasteiger partial charge in [0.15, 0.2) is 0 Å². The Kier molecular flexibility index (Phi) is 5.65. The van der Waals surface area contributed by atoms with Crippen LogP contribution in [-0.2, 0) is 23.1 Å². The Morgan fingerprint density at radius 1 is 1.40 bits per heavy atom. The second-order valence-electron chi connectivity index (χ2n) is 3.54. The van der Waals surface area contributed by atoms with E-state index in [0.717, 1.165) is 36.7 Å². The molecule has 1 atom stereocenters. The average Bonchev–Trinajstić information content (AvgIpc) is 2.63. The monoisotopic (exact) mass is 229 g/mol. The van der Waals surface area contributed by atoms with Crippen LogP contribution in [-0.4, -0.2) is 17.0 Å². The zero-order chi connectivity index (χ0) is 11.1. The van der Waals surface area contributed by atoms with Crippen molar-refractivity contribution in [2.24, 2.45) is 0 Å². The molecule has 0 amide bonds. The lowest BCUT2D eigenvalue weighted by molar-refractivity contribution is 0.467. The number of unbranched alkanes of at least 4 members (excludes halogenated alkanes) is 1. The third-order valence-corrected chi connectivity index (χ3v) is 3.45. The molecule has 4 heteroatoms. The van der Waals surface area contributed by atoms with Crippen molar-refractivity contribution in [1.82, 2.24) is 5.32 Å². The maximum Gasteiger partial charge on any atom is 0.117 e. The molecule has 1 rings (SSSR count). The summed E-state index contributed by atoms with van der Waals surface area (Å²) in [6.45, 7) is 2.83. The third kappa shape index (κ3) is 4.62. The molecule has 0 aliphatic carbocycles. The zero-order valence-electron chi connectivity index (χ0n) is 9.41. The molecule has 1 aromatic rings. The Labute approximate surface area is 93.7 Å². The molecule has 1 heterocycles. The van der Waals surface area contributed by atoms with E-state index in [1.165, 1.54) is 0 Å². The molecule has 15 heavy (non-hydrogen) atoms. The van der Waals surface area contributed by atoms with Crippen LogP contribution in [0.25, 0.3) is 0 Å². The Morgan fingerprint density at radius 3 is 2.80 bits per heavy atom. The van der Waals surface area contributed by atoms with E-state index in [9.17, 15) is 4.21 Å². The number of hydrogen-bond acceptors (Lipinski definition) is 3. The number of hydrogen-bond donors (Lipinski definition) is 1. The normalized spacial score (nSPS) is 12.9. The highest BCUT2D eigenvalue weighted by atomic mass is 32.2. The lowest BCUT2D eigenvalue weighted by Gasteiger charge is -1.98. The summed E-state index contributed by atoms with van der Waals surface area (Å²) < 4.78 is 17.1. The van der Waals surface area contributed by atoms with Crippen LogP contribution < -0.4 is 5.32 Å². The first-order valence-corrected chi connectivity index (χ1v) is 6.82. The number of nitrogens with one attached hydrogen (secondary N) is 1.